The normalized spacial score (nSPS) is 17.4. The fourth-order valence-corrected chi connectivity index (χ4v) is 2.84. The molecule has 0 aliphatic carbocycles. The summed E-state index contributed by atoms with van der Waals surface area (Å²) < 4.78 is 0. The minimum Gasteiger partial charge on any atom is -0.367 e. The van der Waals surface area contributed by atoms with Gasteiger partial charge in [0.05, 0.1) is 18.1 Å². The van der Waals surface area contributed by atoms with Crippen molar-refractivity contribution in [3.05, 3.63) is 23.9 Å². The van der Waals surface area contributed by atoms with Gasteiger partial charge in [0.15, 0.2) is 0 Å². The average molecular weight is 297 g/mol. The molecule has 0 saturated carbocycles. The predicted molar refractivity (Wildman–Crippen MR) is 86.0 cm³/mol. The molecule has 116 valence electrons. The number of nitrogens with zero attached hydrogens (tertiary/aromatic N) is 4. The Kier molecular flexibility index (Phi) is 6.18. The molecule has 0 radical (unpaired) electrons. The summed E-state index contributed by atoms with van der Waals surface area (Å²) in [5.41, 5.74) is 1.02. The average Bonchev–Trinajstić information content (AvgIpc) is 2.53. The molecule has 1 aliphatic heterocycles. The van der Waals surface area contributed by atoms with Crippen molar-refractivity contribution in [1.29, 1.82) is 10.5 Å². The van der Waals surface area contributed by atoms with E-state index >= 15 is 0 Å². The Morgan fingerprint density at radius 2 is 2.14 bits per heavy atom. The van der Waals surface area contributed by atoms with Gasteiger partial charge in [0.1, 0.15) is 5.82 Å². The Morgan fingerprint density at radius 1 is 1.36 bits per heavy atom. The molecule has 5 nitrogen and oxygen atoms in total. The second kappa shape index (κ2) is 8.36. The highest BCUT2D eigenvalue weighted by Gasteiger charge is 2.21. The number of anilines is 1. The largest absolute Gasteiger partial charge is 0.367 e. The zero-order valence-corrected chi connectivity index (χ0v) is 13.1. The summed E-state index contributed by atoms with van der Waals surface area (Å²) in [6, 6.07) is 10.9. The highest BCUT2D eigenvalue weighted by atomic mass is 15.1. The predicted octanol–water partition coefficient (Wildman–Crippen LogP) is 2.71. The number of nitriles is 2. The zero-order chi connectivity index (χ0) is 15.8. The third-order valence-corrected chi connectivity index (χ3v) is 4.09. The summed E-state index contributed by atoms with van der Waals surface area (Å²) in [7, 11) is 0. The molecule has 2 rings (SSSR count). The monoisotopic (exact) mass is 297 g/mol. The molecule has 1 aliphatic rings. The van der Waals surface area contributed by atoms with E-state index < -0.39 is 0 Å². The lowest BCUT2D eigenvalue weighted by atomic mass is 10.0. The van der Waals surface area contributed by atoms with Crippen LogP contribution in [0, 0.1) is 35.5 Å². The highest BCUT2D eigenvalue weighted by molar-refractivity contribution is 5.36. The molecule has 1 saturated heterocycles. The Labute approximate surface area is 132 Å². The molecule has 1 fully saturated rings. The number of hydrogen-bond acceptors (Lipinski definition) is 5. The quantitative estimate of drug-likeness (QED) is 0.873. The van der Waals surface area contributed by atoms with Crippen LogP contribution >= 0.6 is 0 Å². The number of likely N-dealkylation sites (tertiary alicyclic amines) is 1. The summed E-state index contributed by atoms with van der Waals surface area (Å²) in [6.07, 6.45) is 3.27. The molecule has 1 aromatic rings. The fraction of sp³-hybridized carbons (Fsp3) is 0.588. The summed E-state index contributed by atoms with van der Waals surface area (Å²) >= 11 is 0. The van der Waals surface area contributed by atoms with Crippen LogP contribution in [0.4, 0.5) is 5.82 Å². The van der Waals surface area contributed by atoms with Gasteiger partial charge in [-0.15, -0.1) is 0 Å². The molecule has 22 heavy (non-hydrogen) atoms. The summed E-state index contributed by atoms with van der Waals surface area (Å²) in [5.74, 6) is 0.921. The Bertz CT molecular complexity index is 549. The minimum atomic E-state index is -0.0254. The van der Waals surface area contributed by atoms with Gasteiger partial charge in [0.25, 0.3) is 0 Å². The third kappa shape index (κ3) is 5.02. The van der Waals surface area contributed by atoms with E-state index in [0.29, 0.717) is 18.9 Å². The topological polar surface area (TPSA) is 75.7 Å². The van der Waals surface area contributed by atoms with Gasteiger partial charge in [-0.1, -0.05) is 6.07 Å². The molecular formula is C17H23N5. The van der Waals surface area contributed by atoms with Crippen LogP contribution in [-0.4, -0.2) is 35.6 Å². The maximum absolute atomic E-state index is 9.15. The van der Waals surface area contributed by atoms with E-state index in [4.69, 9.17) is 10.5 Å². The molecule has 1 atom stereocenters. The maximum atomic E-state index is 9.15. The summed E-state index contributed by atoms with van der Waals surface area (Å²) in [6.45, 7) is 4.77. The maximum Gasteiger partial charge on any atom is 0.126 e. The number of piperidine rings is 1. The van der Waals surface area contributed by atoms with Crippen LogP contribution < -0.4 is 5.32 Å². The standard InChI is InChI=1S/C17H23N5/c1-14-4-2-6-17(20-14)21-16-7-10-22(11-8-16)13-15(12-19)5-3-9-18/h2,4,6,15-16H,3,5,7-8,10-11,13H2,1H3,(H,20,21). The number of aryl methyl sites for hydroxylation is 1. The SMILES string of the molecule is Cc1cccc(NC2CCN(CC(C#N)CCC#N)CC2)n1. The second-order valence-corrected chi connectivity index (χ2v) is 5.91. The number of nitrogens with one attached hydrogen (secondary N) is 1. The van der Waals surface area contributed by atoms with Gasteiger partial charge in [-0.25, -0.2) is 4.98 Å². The molecule has 1 aromatic heterocycles. The minimum absolute atomic E-state index is 0.0254. The van der Waals surface area contributed by atoms with Crippen LogP contribution in [0.5, 0.6) is 0 Å². The van der Waals surface area contributed by atoms with Crippen molar-refractivity contribution in [1.82, 2.24) is 9.88 Å². The first-order valence-corrected chi connectivity index (χ1v) is 7.90. The molecule has 0 amide bonds. The van der Waals surface area contributed by atoms with Gasteiger partial charge in [0.2, 0.25) is 0 Å². The van der Waals surface area contributed by atoms with Gasteiger partial charge in [0, 0.05) is 37.8 Å². The van der Waals surface area contributed by atoms with E-state index in [2.05, 4.69) is 27.3 Å². The van der Waals surface area contributed by atoms with Crippen molar-refractivity contribution >= 4 is 5.82 Å². The number of hydrogen-bond donors (Lipinski definition) is 1. The van der Waals surface area contributed by atoms with E-state index in [1.807, 2.05) is 25.1 Å². The summed E-state index contributed by atoms with van der Waals surface area (Å²) in [4.78, 5) is 6.82. The van der Waals surface area contributed by atoms with E-state index in [1.54, 1.807) is 0 Å². The molecule has 2 heterocycles. The number of aromatic nitrogens is 1. The third-order valence-electron chi connectivity index (χ3n) is 4.09. The van der Waals surface area contributed by atoms with Crippen LogP contribution in [0.1, 0.15) is 31.4 Å². The lowest BCUT2D eigenvalue weighted by molar-refractivity contribution is 0.199. The lowest BCUT2D eigenvalue weighted by Crippen LogP contribution is -2.41. The van der Waals surface area contributed by atoms with Crippen LogP contribution in [0.3, 0.4) is 0 Å². The van der Waals surface area contributed by atoms with Crippen molar-refractivity contribution in [2.45, 2.75) is 38.6 Å². The van der Waals surface area contributed by atoms with E-state index in [0.717, 1.165) is 44.0 Å². The molecule has 0 bridgehead atoms. The first-order valence-electron chi connectivity index (χ1n) is 7.90. The second-order valence-electron chi connectivity index (χ2n) is 5.91. The fourth-order valence-electron chi connectivity index (χ4n) is 2.84. The Balaban J connectivity index is 1.76. The van der Waals surface area contributed by atoms with Crippen molar-refractivity contribution in [2.75, 3.05) is 25.0 Å². The summed E-state index contributed by atoms with van der Waals surface area (Å²) in [5, 5.41) is 21.3. The van der Waals surface area contributed by atoms with E-state index in [9.17, 15) is 0 Å². The highest BCUT2D eigenvalue weighted by Crippen LogP contribution is 2.17. The molecule has 5 heteroatoms. The van der Waals surface area contributed by atoms with E-state index in [1.165, 1.54) is 0 Å². The molecule has 0 spiro atoms. The molecule has 1 N–H and O–H groups in total. The van der Waals surface area contributed by atoms with Gasteiger partial charge < -0.3 is 10.2 Å². The van der Waals surface area contributed by atoms with Crippen LogP contribution in [-0.2, 0) is 0 Å². The van der Waals surface area contributed by atoms with Crippen molar-refractivity contribution in [3.8, 4) is 12.1 Å². The van der Waals surface area contributed by atoms with Gasteiger partial charge >= 0.3 is 0 Å². The van der Waals surface area contributed by atoms with Crippen LogP contribution in [0.25, 0.3) is 0 Å². The first kappa shape index (κ1) is 16.3. The smallest absolute Gasteiger partial charge is 0.126 e. The number of pyridine rings is 1. The Morgan fingerprint density at radius 3 is 2.77 bits per heavy atom. The van der Waals surface area contributed by atoms with Crippen LogP contribution in [0.2, 0.25) is 0 Å². The van der Waals surface area contributed by atoms with Gasteiger partial charge in [-0.3, -0.25) is 0 Å². The van der Waals surface area contributed by atoms with Crippen molar-refractivity contribution < 1.29 is 0 Å². The van der Waals surface area contributed by atoms with Crippen molar-refractivity contribution in [2.24, 2.45) is 5.92 Å². The molecule has 1 unspecified atom stereocenters. The first-order chi connectivity index (χ1) is 10.7. The lowest BCUT2D eigenvalue weighted by Gasteiger charge is -2.33. The van der Waals surface area contributed by atoms with E-state index in [-0.39, 0.29) is 5.92 Å². The molecule has 0 aromatic carbocycles. The molecular weight excluding hydrogens is 274 g/mol. The Hall–Kier alpha value is -2.11. The zero-order valence-electron chi connectivity index (χ0n) is 13.1. The van der Waals surface area contributed by atoms with Gasteiger partial charge in [-0.05, 0) is 38.3 Å². The van der Waals surface area contributed by atoms with Gasteiger partial charge in [-0.2, -0.15) is 10.5 Å². The van der Waals surface area contributed by atoms with Crippen LogP contribution in [0.15, 0.2) is 18.2 Å². The van der Waals surface area contributed by atoms with Crippen molar-refractivity contribution in [3.63, 3.8) is 0 Å². The number of rotatable bonds is 6.